The molecule has 1 aromatic carbocycles. The zero-order valence-electron chi connectivity index (χ0n) is 19.6. The number of hydrogen-bond donors (Lipinski definition) is 1. The standard InChI is InChI=1S/C24H33N5OSi/c1-24(2,3)31(6,7)30-17-20-9-8-10-23(28-20)29-22-15-18(11-12-19(22)16-27-29)21(26-5)13-14-25-4/h8-16,25H,17H2,1-7H3/b14-13-,26-21+. The maximum Gasteiger partial charge on any atom is 0.192 e. The maximum absolute atomic E-state index is 6.36. The molecule has 7 heteroatoms. The zero-order chi connectivity index (χ0) is 22.6. The Morgan fingerprint density at radius 1 is 1.23 bits per heavy atom. The topological polar surface area (TPSA) is 64.3 Å². The smallest absolute Gasteiger partial charge is 0.192 e. The number of aliphatic imine (C=N–C) groups is 1. The molecule has 0 radical (unpaired) electrons. The molecule has 0 amide bonds. The van der Waals surface area contributed by atoms with E-state index in [1.165, 1.54) is 0 Å². The highest BCUT2D eigenvalue weighted by atomic mass is 28.4. The van der Waals surface area contributed by atoms with Crippen molar-refractivity contribution >= 4 is 24.9 Å². The average Bonchev–Trinajstić information content (AvgIpc) is 3.16. The van der Waals surface area contributed by atoms with Crippen LogP contribution < -0.4 is 5.32 Å². The van der Waals surface area contributed by atoms with Gasteiger partial charge in [0, 0.05) is 25.0 Å². The number of nitrogens with zero attached hydrogens (tertiary/aromatic N) is 4. The molecule has 31 heavy (non-hydrogen) atoms. The molecule has 0 saturated carbocycles. The largest absolute Gasteiger partial charge is 0.411 e. The van der Waals surface area contributed by atoms with Crippen LogP contribution in [0.25, 0.3) is 16.7 Å². The minimum atomic E-state index is -1.84. The third-order valence-corrected chi connectivity index (χ3v) is 10.4. The second-order valence-electron chi connectivity index (χ2n) is 9.10. The van der Waals surface area contributed by atoms with Gasteiger partial charge in [-0.05, 0) is 48.6 Å². The van der Waals surface area contributed by atoms with E-state index in [4.69, 9.17) is 9.41 Å². The second-order valence-corrected chi connectivity index (χ2v) is 13.9. The van der Waals surface area contributed by atoms with Gasteiger partial charge in [0.25, 0.3) is 0 Å². The molecule has 164 valence electrons. The second kappa shape index (κ2) is 9.16. The summed E-state index contributed by atoms with van der Waals surface area (Å²) < 4.78 is 8.24. The van der Waals surface area contributed by atoms with Gasteiger partial charge in [0.15, 0.2) is 14.1 Å². The first-order chi connectivity index (χ1) is 14.7. The predicted octanol–water partition coefficient (Wildman–Crippen LogP) is 5.09. The Kier molecular flexibility index (Phi) is 6.76. The molecule has 1 N–H and O–H groups in total. The van der Waals surface area contributed by atoms with Crippen molar-refractivity contribution in [2.24, 2.45) is 4.99 Å². The van der Waals surface area contributed by atoms with Gasteiger partial charge in [0.2, 0.25) is 0 Å². The molecule has 0 spiro atoms. The van der Waals surface area contributed by atoms with Gasteiger partial charge in [0.05, 0.1) is 29.7 Å². The Morgan fingerprint density at radius 2 is 2.00 bits per heavy atom. The normalized spacial score (nSPS) is 13.3. The lowest BCUT2D eigenvalue weighted by atomic mass is 10.1. The summed E-state index contributed by atoms with van der Waals surface area (Å²) in [4.78, 5) is 9.24. The van der Waals surface area contributed by atoms with Crippen LogP contribution in [0.15, 0.2) is 59.9 Å². The van der Waals surface area contributed by atoms with Crippen molar-refractivity contribution in [2.45, 2.75) is 45.5 Å². The molecular weight excluding hydrogens is 402 g/mol. The van der Waals surface area contributed by atoms with Crippen LogP contribution in [-0.4, -0.2) is 42.9 Å². The quantitative estimate of drug-likeness (QED) is 0.414. The van der Waals surface area contributed by atoms with Crippen LogP contribution in [0.5, 0.6) is 0 Å². The average molecular weight is 436 g/mol. The Labute approximate surface area is 186 Å². The highest BCUT2D eigenvalue weighted by molar-refractivity contribution is 6.74. The fourth-order valence-electron chi connectivity index (χ4n) is 2.96. The van der Waals surface area contributed by atoms with Crippen molar-refractivity contribution in [1.29, 1.82) is 0 Å². The Bertz CT molecular complexity index is 1110. The van der Waals surface area contributed by atoms with Gasteiger partial charge < -0.3 is 9.74 Å². The van der Waals surface area contributed by atoms with Crippen LogP contribution in [0.4, 0.5) is 0 Å². The summed E-state index contributed by atoms with van der Waals surface area (Å²) in [6, 6.07) is 12.2. The van der Waals surface area contributed by atoms with E-state index in [1.807, 2.05) is 48.4 Å². The predicted molar refractivity (Wildman–Crippen MR) is 132 cm³/mol. The third-order valence-electron chi connectivity index (χ3n) is 5.91. The van der Waals surface area contributed by atoms with Crippen molar-refractivity contribution in [1.82, 2.24) is 20.1 Å². The first kappa shape index (κ1) is 22.9. The number of nitrogens with one attached hydrogen (secondary N) is 1. The molecule has 2 aromatic heterocycles. The van der Waals surface area contributed by atoms with E-state index < -0.39 is 8.32 Å². The van der Waals surface area contributed by atoms with Gasteiger partial charge in [-0.1, -0.05) is 39.0 Å². The summed E-state index contributed by atoms with van der Waals surface area (Å²) >= 11 is 0. The van der Waals surface area contributed by atoms with Crippen LogP contribution in [0.2, 0.25) is 18.1 Å². The van der Waals surface area contributed by atoms with E-state index in [2.05, 4.69) is 67.5 Å². The van der Waals surface area contributed by atoms with Gasteiger partial charge in [-0.25, -0.2) is 9.67 Å². The fourth-order valence-corrected chi connectivity index (χ4v) is 3.90. The lowest BCUT2D eigenvalue weighted by molar-refractivity contribution is 0.272. The Morgan fingerprint density at radius 3 is 2.68 bits per heavy atom. The SMILES string of the molecule is C/N=C(\C=C/NC)c1ccc2cnn(-c3cccc(CO[Si](C)(C)C(C)(C)C)n3)c2c1. The minimum Gasteiger partial charge on any atom is -0.411 e. The van der Waals surface area contributed by atoms with Gasteiger partial charge in [-0.15, -0.1) is 0 Å². The van der Waals surface area contributed by atoms with Crippen LogP contribution in [0.3, 0.4) is 0 Å². The molecule has 0 unspecified atom stereocenters. The number of rotatable bonds is 7. The van der Waals surface area contributed by atoms with Crippen molar-refractivity contribution in [3.63, 3.8) is 0 Å². The summed E-state index contributed by atoms with van der Waals surface area (Å²) in [6.07, 6.45) is 5.70. The highest BCUT2D eigenvalue weighted by Gasteiger charge is 2.37. The highest BCUT2D eigenvalue weighted by Crippen LogP contribution is 2.37. The number of benzene rings is 1. The van der Waals surface area contributed by atoms with Gasteiger partial charge in [-0.2, -0.15) is 5.10 Å². The zero-order valence-corrected chi connectivity index (χ0v) is 20.6. The Balaban J connectivity index is 1.93. The summed E-state index contributed by atoms with van der Waals surface area (Å²) in [5, 5.41) is 8.83. The molecule has 0 aliphatic carbocycles. The molecule has 3 rings (SSSR count). The van der Waals surface area contributed by atoms with E-state index in [9.17, 15) is 0 Å². The number of fused-ring (bicyclic) bond motifs is 1. The van der Waals surface area contributed by atoms with Crippen LogP contribution in [0, 0.1) is 0 Å². The van der Waals surface area contributed by atoms with E-state index in [-0.39, 0.29) is 5.04 Å². The van der Waals surface area contributed by atoms with Crippen LogP contribution in [0.1, 0.15) is 32.0 Å². The number of pyridine rings is 1. The van der Waals surface area contributed by atoms with Crippen molar-refractivity contribution in [2.75, 3.05) is 14.1 Å². The van der Waals surface area contributed by atoms with Crippen molar-refractivity contribution in [3.05, 3.63) is 66.1 Å². The van der Waals surface area contributed by atoms with Crippen LogP contribution >= 0.6 is 0 Å². The molecule has 3 aromatic rings. The monoisotopic (exact) mass is 435 g/mol. The number of allylic oxidation sites excluding steroid dienone is 1. The lowest BCUT2D eigenvalue weighted by Gasteiger charge is -2.36. The summed E-state index contributed by atoms with van der Waals surface area (Å²) in [6.45, 7) is 11.8. The first-order valence-electron chi connectivity index (χ1n) is 10.6. The van der Waals surface area contributed by atoms with E-state index in [0.717, 1.165) is 33.7 Å². The van der Waals surface area contributed by atoms with Crippen molar-refractivity contribution in [3.8, 4) is 5.82 Å². The van der Waals surface area contributed by atoms with Gasteiger partial charge >= 0.3 is 0 Å². The summed E-state index contributed by atoms with van der Waals surface area (Å²) in [7, 11) is 1.83. The maximum atomic E-state index is 6.36. The third kappa shape index (κ3) is 5.11. The molecule has 0 aliphatic heterocycles. The summed E-state index contributed by atoms with van der Waals surface area (Å²) in [5.74, 6) is 0.782. The molecule has 0 fully saturated rings. The molecule has 0 bridgehead atoms. The summed E-state index contributed by atoms with van der Waals surface area (Å²) in [5.41, 5.74) is 3.83. The number of hydrogen-bond acceptors (Lipinski definition) is 5. The Hall–Kier alpha value is -2.77. The van der Waals surface area contributed by atoms with Gasteiger partial charge in [-0.3, -0.25) is 4.99 Å². The van der Waals surface area contributed by atoms with Crippen molar-refractivity contribution < 1.29 is 4.43 Å². The molecule has 0 saturated heterocycles. The first-order valence-corrected chi connectivity index (χ1v) is 13.5. The lowest BCUT2D eigenvalue weighted by Crippen LogP contribution is -2.40. The molecule has 0 aliphatic rings. The van der Waals surface area contributed by atoms with E-state index in [0.29, 0.717) is 6.61 Å². The minimum absolute atomic E-state index is 0.166. The van der Waals surface area contributed by atoms with E-state index >= 15 is 0 Å². The molecule has 0 atom stereocenters. The molecule has 6 nitrogen and oxygen atoms in total. The van der Waals surface area contributed by atoms with Crippen LogP contribution in [-0.2, 0) is 11.0 Å². The van der Waals surface area contributed by atoms with E-state index in [1.54, 1.807) is 7.05 Å². The van der Waals surface area contributed by atoms with Gasteiger partial charge in [0.1, 0.15) is 0 Å². The molecular formula is C24H33N5OSi. The molecule has 2 heterocycles. The fraction of sp³-hybridized carbons (Fsp3) is 0.375. The number of aromatic nitrogens is 3.